The molecular weight excluding hydrogens is 286 g/mol. The maximum atomic E-state index is 12.4. The SMILES string of the molecule is CC(C)C(NC(=O)c1cccs1)C(=O)NC1CCNCC1. The molecule has 1 aliphatic rings. The molecule has 3 N–H and O–H groups in total. The zero-order valence-corrected chi connectivity index (χ0v) is 13.3. The smallest absolute Gasteiger partial charge is 0.262 e. The van der Waals surface area contributed by atoms with Crippen molar-refractivity contribution in [2.75, 3.05) is 13.1 Å². The van der Waals surface area contributed by atoms with Gasteiger partial charge in [-0.05, 0) is 43.3 Å². The van der Waals surface area contributed by atoms with E-state index in [1.54, 1.807) is 6.07 Å². The molecule has 1 aromatic rings. The Bertz CT molecular complexity index is 467. The van der Waals surface area contributed by atoms with Gasteiger partial charge in [-0.2, -0.15) is 0 Å². The van der Waals surface area contributed by atoms with Crippen LogP contribution < -0.4 is 16.0 Å². The fourth-order valence-corrected chi connectivity index (χ4v) is 3.04. The first-order valence-corrected chi connectivity index (χ1v) is 8.31. The van der Waals surface area contributed by atoms with E-state index >= 15 is 0 Å². The third-order valence-electron chi connectivity index (χ3n) is 3.67. The molecule has 1 aliphatic heterocycles. The Balaban J connectivity index is 1.94. The van der Waals surface area contributed by atoms with Gasteiger partial charge in [-0.1, -0.05) is 19.9 Å². The zero-order chi connectivity index (χ0) is 15.2. The summed E-state index contributed by atoms with van der Waals surface area (Å²) in [5, 5.41) is 11.0. The summed E-state index contributed by atoms with van der Waals surface area (Å²) in [6, 6.07) is 3.31. The minimum atomic E-state index is -0.491. The third-order valence-corrected chi connectivity index (χ3v) is 4.53. The number of hydrogen-bond donors (Lipinski definition) is 3. The van der Waals surface area contributed by atoms with Gasteiger partial charge in [-0.3, -0.25) is 9.59 Å². The van der Waals surface area contributed by atoms with Gasteiger partial charge in [0.2, 0.25) is 5.91 Å². The average Bonchev–Trinajstić information content (AvgIpc) is 2.99. The lowest BCUT2D eigenvalue weighted by Crippen LogP contribution is -2.53. The van der Waals surface area contributed by atoms with Crippen LogP contribution in [-0.2, 0) is 4.79 Å². The number of thiophene rings is 1. The van der Waals surface area contributed by atoms with E-state index in [-0.39, 0.29) is 23.8 Å². The molecule has 116 valence electrons. The molecule has 5 nitrogen and oxygen atoms in total. The fraction of sp³-hybridized carbons (Fsp3) is 0.600. The Kier molecular flexibility index (Phi) is 5.76. The van der Waals surface area contributed by atoms with Crippen LogP contribution in [0.25, 0.3) is 0 Å². The molecule has 0 spiro atoms. The Morgan fingerprint density at radius 3 is 2.62 bits per heavy atom. The highest BCUT2D eigenvalue weighted by Crippen LogP contribution is 2.11. The molecule has 6 heteroatoms. The Hall–Kier alpha value is -1.40. The summed E-state index contributed by atoms with van der Waals surface area (Å²) >= 11 is 1.38. The number of rotatable bonds is 5. The second-order valence-electron chi connectivity index (χ2n) is 5.71. The van der Waals surface area contributed by atoms with Gasteiger partial charge >= 0.3 is 0 Å². The molecule has 1 unspecified atom stereocenters. The van der Waals surface area contributed by atoms with Crippen LogP contribution in [0, 0.1) is 5.92 Å². The molecule has 2 heterocycles. The minimum absolute atomic E-state index is 0.0515. The van der Waals surface area contributed by atoms with Crippen molar-refractivity contribution >= 4 is 23.2 Å². The Morgan fingerprint density at radius 2 is 2.05 bits per heavy atom. The van der Waals surface area contributed by atoms with Crippen LogP contribution in [-0.4, -0.2) is 37.0 Å². The quantitative estimate of drug-likeness (QED) is 0.769. The molecule has 2 amide bonds. The number of hydrogen-bond acceptors (Lipinski definition) is 4. The van der Waals surface area contributed by atoms with Gasteiger partial charge in [0.05, 0.1) is 4.88 Å². The van der Waals surface area contributed by atoms with E-state index < -0.39 is 6.04 Å². The topological polar surface area (TPSA) is 70.2 Å². The van der Waals surface area contributed by atoms with Crippen molar-refractivity contribution in [2.45, 2.75) is 38.8 Å². The summed E-state index contributed by atoms with van der Waals surface area (Å²) in [6.07, 6.45) is 1.88. The normalized spacial score (nSPS) is 17.5. The number of carbonyl (C=O) groups is 2. The summed E-state index contributed by atoms with van der Waals surface area (Å²) in [5.74, 6) is -0.207. The largest absolute Gasteiger partial charge is 0.351 e. The van der Waals surface area contributed by atoms with E-state index in [9.17, 15) is 9.59 Å². The molecule has 0 saturated carbocycles. The molecule has 1 fully saturated rings. The molecule has 21 heavy (non-hydrogen) atoms. The number of amides is 2. The monoisotopic (exact) mass is 309 g/mol. The molecule has 1 saturated heterocycles. The van der Waals surface area contributed by atoms with E-state index in [1.165, 1.54) is 11.3 Å². The first-order valence-electron chi connectivity index (χ1n) is 7.43. The van der Waals surface area contributed by atoms with Crippen molar-refractivity contribution in [3.05, 3.63) is 22.4 Å². The lowest BCUT2D eigenvalue weighted by atomic mass is 10.0. The summed E-state index contributed by atoms with van der Waals surface area (Å²) in [7, 11) is 0. The highest BCUT2D eigenvalue weighted by atomic mass is 32.1. The maximum Gasteiger partial charge on any atom is 0.262 e. The van der Waals surface area contributed by atoms with Gasteiger partial charge in [-0.25, -0.2) is 0 Å². The van der Waals surface area contributed by atoms with Crippen LogP contribution in [0.3, 0.4) is 0 Å². The fourth-order valence-electron chi connectivity index (χ4n) is 2.41. The van der Waals surface area contributed by atoms with Crippen LogP contribution in [0.4, 0.5) is 0 Å². The van der Waals surface area contributed by atoms with Crippen LogP contribution in [0.5, 0.6) is 0 Å². The molecule has 0 radical (unpaired) electrons. The second kappa shape index (κ2) is 7.56. The number of piperidine rings is 1. The van der Waals surface area contributed by atoms with Gasteiger partial charge in [0, 0.05) is 6.04 Å². The average molecular weight is 309 g/mol. The maximum absolute atomic E-state index is 12.4. The van der Waals surface area contributed by atoms with Crippen LogP contribution in [0.1, 0.15) is 36.4 Å². The first kappa shape index (κ1) is 16.0. The van der Waals surface area contributed by atoms with Crippen molar-refractivity contribution < 1.29 is 9.59 Å². The lowest BCUT2D eigenvalue weighted by molar-refractivity contribution is -0.124. The first-order chi connectivity index (χ1) is 10.1. The van der Waals surface area contributed by atoms with E-state index in [2.05, 4.69) is 16.0 Å². The predicted molar refractivity (Wildman–Crippen MR) is 84.4 cm³/mol. The molecule has 0 aliphatic carbocycles. The number of carbonyl (C=O) groups excluding carboxylic acids is 2. The minimum Gasteiger partial charge on any atom is -0.351 e. The molecular formula is C15H23N3O2S. The van der Waals surface area contributed by atoms with E-state index in [1.807, 2.05) is 25.3 Å². The summed E-state index contributed by atoms with van der Waals surface area (Å²) in [6.45, 7) is 5.75. The van der Waals surface area contributed by atoms with Gasteiger partial charge in [-0.15, -0.1) is 11.3 Å². The Morgan fingerprint density at radius 1 is 1.33 bits per heavy atom. The van der Waals surface area contributed by atoms with Gasteiger partial charge < -0.3 is 16.0 Å². The van der Waals surface area contributed by atoms with Gasteiger partial charge in [0.15, 0.2) is 0 Å². The van der Waals surface area contributed by atoms with E-state index in [4.69, 9.17) is 0 Å². The highest BCUT2D eigenvalue weighted by Gasteiger charge is 2.27. The summed E-state index contributed by atoms with van der Waals surface area (Å²) in [5.41, 5.74) is 0. The Labute approximate surface area is 129 Å². The predicted octanol–water partition coefficient (Wildman–Crippen LogP) is 1.37. The molecule has 0 bridgehead atoms. The van der Waals surface area contributed by atoms with Crippen LogP contribution in [0.2, 0.25) is 0 Å². The van der Waals surface area contributed by atoms with Gasteiger partial charge in [0.25, 0.3) is 5.91 Å². The lowest BCUT2D eigenvalue weighted by Gasteiger charge is -2.28. The molecule has 0 aromatic carbocycles. The van der Waals surface area contributed by atoms with Crippen molar-refractivity contribution in [2.24, 2.45) is 5.92 Å². The van der Waals surface area contributed by atoms with Gasteiger partial charge in [0.1, 0.15) is 6.04 Å². The van der Waals surface area contributed by atoms with E-state index in [0.29, 0.717) is 4.88 Å². The highest BCUT2D eigenvalue weighted by molar-refractivity contribution is 7.12. The number of nitrogens with one attached hydrogen (secondary N) is 3. The summed E-state index contributed by atoms with van der Waals surface area (Å²) < 4.78 is 0. The van der Waals surface area contributed by atoms with Crippen LogP contribution >= 0.6 is 11.3 Å². The zero-order valence-electron chi connectivity index (χ0n) is 12.5. The van der Waals surface area contributed by atoms with E-state index in [0.717, 1.165) is 25.9 Å². The van der Waals surface area contributed by atoms with Crippen LogP contribution in [0.15, 0.2) is 17.5 Å². The van der Waals surface area contributed by atoms with Crippen molar-refractivity contribution in [3.63, 3.8) is 0 Å². The summed E-state index contributed by atoms with van der Waals surface area (Å²) in [4.78, 5) is 25.2. The standard InChI is InChI=1S/C15H23N3O2S/c1-10(2)13(18-14(19)12-4-3-9-21-12)15(20)17-11-5-7-16-8-6-11/h3-4,9-11,13,16H,5-8H2,1-2H3,(H,17,20)(H,18,19). The van der Waals surface area contributed by atoms with Crippen molar-refractivity contribution in [1.29, 1.82) is 0 Å². The third kappa shape index (κ3) is 4.54. The second-order valence-corrected chi connectivity index (χ2v) is 6.65. The molecule has 2 rings (SSSR count). The van der Waals surface area contributed by atoms with Crippen molar-refractivity contribution in [3.8, 4) is 0 Å². The molecule has 1 aromatic heterocycles. The van der Waals surface area contributed by atoms with Crippen molar-refractivity contribution in [1.82, 2.24) is 16.0 Å². The molecule has 1 atom stereocenters.